The number of halogens is 1. The van der Waals surface area contributed by atoms with Gasteiger partial charge in [-0.15, -0.1) is 0 Å². The maximum atomic E-state index is 13.8. The van der Waals surface area contributed by atoms with Crippen molar-refractivity contribution in [2.75, 3.05) is 39.1 Å². The van der Waals surface area contributed by atoms with E-state index in [0.717, 1.165) is 0 Å². The van der Waals surface area contributed by atoms with Crippen LogP contribution in [0.5, 0.6) is 0 Å². The van der Waals surface area contributed by atoms with Gasteiger partial charge in [-0.2, -0.15) is 0 Å². The summed E-state index contributed by atoms with van der Waals surface area (Å²) >= 11 is 0. The van der Waals surface area contributed by atoms with Gasteiger partial charge in [0.2, 0.25) is 5.91 Å². The fraction of sp³-hybridized carbons (Fsp3) is 0.556. The Bertz CT molecular complexity index is 863. The first kappa shape index (κ1) is 19.8. The first-order valence-electron chi connectivity index (χ1n) is 8.79. The monoisotopic (exact) mass is 398 g/mol. The number of carbonyl (C=O) groups is 2. The van der Waals surface area contributed by atoms with Crippen molar-refractivity contribution in [2.24, 2.45) is 0 Å². The second-order valence-corrected chi connectivity index (χ2v) is 9.28. The molecule has 0 radical (unpaired) electrons. The Morgan fingerprint density at radius 1 is 1.30 bits per heavy atom. The fourth-order valence-corrected chi connectivity index (χ4v) is 5.91. The summed E-state index contributed by atoms with van der Waals surface area (Å²) in [5.41, 5.74) is 0.684. The number of hydrogen-bond acceptors (Lipinski definition) is 5. The van der Waals surface area contributed by atoms with Gasteiger partial charge in [-0.05, 0) is 24.6 Å². The zero-order chi connectivity index (χ0) is 19.8. The molecule has 2 amide bonds. The van der Waals surface area contributed by atoms with E-state index < -0.39 is 32.2 Å². The molecule has 0 unspecified atom stereocenters. The lowest BCUT2D eigenvalue weighted by molar-refractivity contribution is -0.131. The number of rotatable bonds is 4. The smallest absolute Gasteiger partial charge is 0.253 e. The van der Waals surface area contributed by atoms with Crippen molar-refractivity contribution in [3.05, 3.63) is 35.1 Å². The predicted octanol–water partition coefficient (Wildman–Crippen LogP) is 0.970. The normalized spacial score (nSPS) is 21.1. The molecule has 2 fully saturated rings. The zero-order valence-electron chi connectivity index (χ0n) is 15.4. The summed E-state index contributed by atoms with van der Waals surface area (Å²) in [7, 11) is -2.15. The third-order valence-corrected chi connectivity index (χ3v) is 7.87. The molecule has 2 heterocycles. The standard InChI is InChI=1S/C18H23FN2O5S/c1-13-3-4-14(11-15(13)19)17(23)20-7-5-18(6-8-20)21(9-10-26-2)16(22)12-27(18,24)25/h3-4,11H,5-10,12H2,1-2H3. The molecule has 0 atom stereocenters. The van der Waals surface area contributed by atoms with Crippen LogP contribution in [0.4, 0.5) is 4.39 Å². The van der Waals surface area contributed by atoms with Crippen molar-refractivity contribution in [1.29, 1.82) is 0 Å². The summed E-state index contributed by atoms with van der Waals surface area (Å²) in [6.07, 6.45) is 0.287. The number of ether oxygens (including phenoxy) is 1. The van der Waals surface area contributed by atoms with Gasteiger partial charge in [0.05, 0.1) is 6.61 Å². The minimum atomic E-state index is -3.64. The van der Waals surface area contributed by atoms with E-state index in [1.54, 1.807) is 19.1 Å². The van der Waals surface area contributed by atoms with E-state index in [1.165, 1.54) is 23.0 Å². The largest absolute Gasteiger partial charge is 0.383 e. The maximum Gasteiger partial charge on any atom is 0.253 e. The lowest BCUT2D eigenvalue weighted by Crippen LogP contribution is -2.57. The van der Waals surface area contributed by atoms with Crippen LogP contribution in [0.15, 0.2) is 18.2 Å². The molecule has 0 saturated carbocycles. The van der Waals surface area contributed by atoms with Crippen LogP contribution in [0, 0.1) is 12.7 Å². The van der Waals surface area contributed by atoms with Gasteiger partial charge < -0.3 is 14.5 Å². The van der Waals surface area contributed by atoms with Crippen LogP contribution in [-0.2, 0) is 19.4 Å². The number of nitrogens with zero attached hydrogens (tertiary/aromatic N) is 2. The molecule has 9 heteroatoms. The van der Waals surface area contributed by atoms with E-state index in [4.69, 9.17) is 4.74 Å². The third kappa shape index (κ3) is 3.34. The summed E-state index contributed by atoms with van der Waals surface area (Å²) in [5.74, 6) is -1.72. The number of piperidine rings is 1. The van der Waals surface area contributed by atoms with Crippen LogP contribution in [0.2, 0.25) is 0 Å². The molecule has 3 rings (SSSR count). The SMILES string of the molecule is COCCN1C(=O)CS(=O)(=O)C12CCN(C(=O)c1ccc(C)c(F)c1)CC2. The Hall–Kier alpha value is -2.00. The maximum absolute atomic E-state index is 13.8. The number of hydrogen-bond donors (Lipinski definition) is 0. The van der Waals surface area contributed by atoms with Gasteiger partial charge in [0, 0.05) is 45.1 Å². The molecule has 0 aromatic heterocycles. The van der Waals surface area contributed by atoms with Crippen molar-refractivity contribution in [3.63, 3.8) is 0 Å². The molecule has 1 spiro atoms. The fourth-order valence-electron chi connectivity index (χ4n) is 3.83. The molecule has 27 heavy (non-hydrogen) atoms. The third-order valence-electron chi connectivity index (χ3n) is 5.46. The Labute approximate surface area is 158 Å². The van der Waals surface area contributed by atoms with E-state index in [9.17, 15) is 22.4 Å². The van der Waals surface area contributed by atoms with Gasteiger partial charge in [-0.25, -0.2) is 12.8 Å². The lowest BCUT2D eigenvalue weighted by Gasteiger charge is -2.43. The van der Waals surface area contributed by atoms with Crippen molar-refractivity contribution < 1.29 is 27.1 Å². The zero-order valence-corrected chi connectivity index (χ0v) is 16.2. The van der Waals surface area contributed by atoms with Crippen LogP contribution >= 0.6 is 0 Å². The number of carbonyl (C=O) groups excluding carboxylic acids is 2. The minimum absolute atomic E-state index is 0.144. The van der Waals surface area contributed by atoms with Gasteiger partial charge >= 0.3 is 0 Å². The number of likely N-dealkylation sites (tertiary alicyclic amines) is 1. The van der Waals surface area contributed by atoms with Crippen LogP contribution in [0.3, 0.4) is 0 Å². The topological polar surface area (TPSA) is 84.0 Å². The Kier molecular flexibility index (Phi) is 5.27. The van der Waals surface area contributed by atoms with Crippen LogP contribution in [0.1, 0.15) is 28.8 Å². The van der Waals surface area contributed by atoms with Gasteiger partial charge in [0.25, 0.3) is 5.91 Å². The molecule has 1 aromatic rings. The van der Waals surface area contributed by atoms with Crippen molar-refractivity contribution >= 4 is 21.7 Å². The molecule has 7 nitrogen and oxygen atoms in total. The van der Waals surface area contributed by atoms with Crippen molar-refractivity contribution in [1.82, 2.24) is 9.80 Å². The van der Waals surface area contributed by atoms with Crippen molar-refractivity contribution in [3.8, 4) is 0 Å². The second kappa shape index (κ2) is 7.20. The van der Waals surface area contributed by atoms with E-state index in [0.29, 0.717) is 5.56 Å². The number of sulfone groups is 1. The van der Waals surface area contributed by atoms with E-state index in [-0.39, 0.29) is 50.6 Å². The van der Waals surface area contributed by atoms with Gasteiger partial charge in [0.15, 0.2) is 9.84 Å². The highest BCUT2D eigenvalue weighted by Crippen LogP contribution is 2.40. The average Bonchev–Trinajstić information content (AvgIpc) is 2.81. The molecule has 0 N–H and O–H groups in total. The highest BCUT2D eigenvalue weighted by Gasteiger charge is 2.58. The second-order valence-electron chi connectivity index (χ2n) is 7.00. The summed E-state index contributed by atoms with van der Waals surface area (Å²) < 4.78 is 44.1. The van der Waals surface area contributed by atoms with Crippen molar-refractivity contribution in [2.45, 2.75) is 24.6 Å². The summed E-state index contributed by atoms with van der Waals surface area (Å²) in [6, 6.07) is 4.30. The number of benzene rings is 1. The van der Waals surface area contributed by atoms with Crippen LogP contribution < -0.4 is 0 Å². The lowest BCUT2D eigenvalue weighted by atomic mass is 10.0. The van der Waals surface area contributed by atoms with Gasteiger partial charge in [0.1, 0.15) is 16.4 Å². The molecular weight excluding hydrogens is 375 g/mol. The summed E-state index contributed by atoms with van der Waals surface area (Å²) in [5, 5.41) is 0. The summed E-state index contributed by atoms with van der Waals surface area (Å²) in [6.45, 7) is 2.43. The number of amides is 2. The number of aryl methyl sites for hydroxylation is 1. The highest BCUT2D eigenvalue weighted by molar-refractivity contribution is 7.93. The van der Waals surface area contributed by atoms with Crippen LogP contribution in [0.25, 0.3) is 0 Å². The first-order chi connectivity index (χ1) is 12.7. The van der Waals surface area contributed by atoms with E-state index >= 15 is 0 Å². The van der Waals surface area contributed by atoms with Gasteiger partial charge in [-0.3, -0.25) is 9.59 Å². The molecule has 0 bridgehead atoms. The minimum Gasteiger partial charge on any atom is -0.383 e. The molecule has 2 aliphatic rings. The number of methoxy groups -OCH3 is 1. The van der Waals surface area contributed by atoms with E-state index in [2.05, 4.69) is 0 Å². The average molecular weight is 398 g/mol. The first-order valence-corrected chi connectivity index (χ1v) is 10.4. The molecule has 2 saturated heterocycles. The molecule has 1 aromatic carbocycles. The molecule has 0 aliphatic carbocycles. The summed E-state index contributed by atoms with van der Waals surface area (Å²) in [4.78, 5) is 26.5. The quantitative estimate of drug-likeness (QED) is 0.755. The predicted molar refractivity (Wildman–Crippen MR) is 96.4 cm³/mol. The van der Waals surface area contributed by atoms with Crippen LogP contribution in [-0.4, -0.2) is 74.0 Å². The Morgan fingerprint density at radius 3 is 2.56 bits per heavy atom. The molecule has 148 valence electrons. The Morgan fingerprint density at radius 2 is 1.96 bits per heavy atom. The van der Waals surface area contributed by atoms with E-state index in [1.807, 2.05) is 0 Å². The van der Waals surface area contributed by atoms with Gasteiger partial charge in [-0.1, -0.05) is 6.07 Å². The molecular formula is C18H23FN2O5S. The highest BCUT2D eigenvalue weighted by atomic mass is 32.2. The Balaban J connectivity index is 1.79. The molecule has 2 aliphatic heterocycles.